The number of hydrogen-bond acceptors (Lipinski definition) is 5. The van der Waals surface area contributed by atoms with Crippen LogP contribution in [0.5, 0.6) is 0 Å². The van der Waals surface area contributed by atoms with Crippen molar-refractivity contribution in [3.05, 3.63) is 198 Å². The lowest BCUT2D eigenvalue weighted by Crippen LogP contribution is -2.48. The summed E-state index contributed by atoms with van der Waals surface area (Å²) in [6.45, 7) is 0.771. The van der Waals surface area contributed by atoms with Crippen LogP contribution in [0.2, 0.25) is 0 Å². The summed E-state index contributed by atoms with van der Waals surface area (Å²) in [6.07, 6.45) is 0.409. The van der Waals surface area contributed by atoms with Gasteiger partial charge in [-0.05, 0) is 76.9 Å². The molecule has 1 aromatic heterocycles. The summed E-state index contributed by atoms with van der Waals surface area (Å²) >= 11 is 0. The quantitative estimate of drug-likeness (QED) is 0.163. The van der Waals surface area contributed by atoms with Crippen molar-refractivity contribution in [3.63, 3.8) is 0 Å². The molecule has 6 heteroatoms. The number of hydrazine groups is 2. The first-order valence-corrected chi connectivity index (χ1v) is 17.7. The third-order valence-electron chi connectivity index (χ3n) is 10.3. The SMILES string of the molecule is N#Cc1cccc(-c2cc3c4ccccc4n(-c4ccccc4)c3cc2Nc2cccc(CN3C(c4ccccc4)N4C(c5ccccc5)N34)c2)c1. The molecule has 2 fully saturated rings. The van der Waals surface area contributed by atoms with E-state index in [9.17, 15) is 5.26 Å². The second kappa shape index (κ2) is 12.4. The predicted octanol–water partition coefficient (Wildman–Crippen LogP) is 10.7. The monoisotopic (exact) mass is 670 g/mol. The van der Waals surface area contributed by atoms with E-state index >= 15 is 0 Å². The van der Waals surface area contributed by atoms with Crippen LogP contribution in [-0.4, -0.2) is 19.7 Å². The first kappa shape index (κ1) is 30.3. The Kier molecular flexibility index (Phi) is 7.22. The first-order valence-electron chi connectivity index (χ1n) is 17.7. The summed E-state index contributed by atoms with van der Waals surface area (Å²) in [7, 11) is 0. The molecule has 6 nitrogen and oxygen atoms in total. The summed E-state index contributed by atoms with van der Waals surface area (Å²) in [4.78, 5) is 0. The lowest BCUT2D eigenvalue weighted by atomic mass is 9.98. The second-order valence-electron chi connectivity index (χ2n) is 13.5. The van der Waals surface area contributed by atoms with Gasteiger partial charge in [0.25, 0.3) is 0 Å². The van der Waals surface area contributed by atoms with Gasteiger partial charge < -0.3 is 9.88 Å². The molecule has 10 rings (SSSR count). The third-order valence-corrected chi connectivity index (χ3v) is 10.3. The summed E-state index contributed by atoms with van der Waals surface area (Å²) in [5, 5.41) is 23.3. The fourth-order valence-corrected chi connectivity index (χ4v) is 7.97. The van der Waals surface area contributed by atoms with Gasteiger partial charge in [-0.2, -0.15) is 15.3 Å². The van der Waals surface area contributed by atoms with Crippen molar-refractivity contribution in [1.29, 1.82) is 5.26 Å². The Morgan fingerprint density at radius 1 is 0.577 bits per heavy atom. The number of nitrogens with zero attached hydrogens (tertiary/aromatic N) is 5. The number of nitrogens with one attached hydrogen (secondary N) is 1. The molecule has 1 N–H and O–H groups in total. The molecule has 4 atom stereocenters. The van der Waals surface area contributed by atoms with E-state index in [0.717, 1.165) is 51.2 Å². The maximum Gasteiger partial charge on any atom is 0.134 e. The highest BCUT2D eigenvalue weighted by Gasteiger charge is 2.65. The number of hydrogen-bond donors (Lipinski definition) is 1. The predicted molar refractivity (Wildman–Crippen MR) is 208 cm³/mol. The van der Waals surface area contributed by atoms with Gasteiger partial charge in [0, 0.05) is 39.9 Å². The molecule has 3 heterocycles. The number of para-hydroxylation sites is 2. The molecule has 2 saturated heterocycles. The zero-order chi connectivity index (χ0) is 34.6. The van der Waals surface area contributed by atoms with Gasteiger partial charge in [0.2, 0.25) is 0 Å². The standard InChI is InChI=1S/C46H34N6/c47-30-32-14-12-20-36(26-32)40-28-41-39-24-10-11-25-43(39)50(38-22-8-3-9-23-38)44(41)29-42(40)48-37-21-13-15-33(27-37)31-49-45(34-16-4-1-5-17-34)51-46(52(49)51)35-18-6-2-7-19-35/h1-29,45-46,48H,31H2. The molecule has 0 radical (unpaired) electrons. The van der Waals surface area contributed by atoms with Gasteiger partial charge in [0.15, 0.2) is 0 Å². The number of nitriles is 1. The van der Waals surface area contributed by atoms with E-state index < -0.39 is 0 Å². The molecule has 0 spiro atoms. The van der Waals surface area contributed by atoms with Crippen molar-refractivity contribution < 1.29 is 0 Å². The van der Waals surface area contributed by atoms with Gasteiger partial charge in [-0.1, -0.05) is 121 Å². The average Bonchev–Trinajstić information content (AvgIpc) is 3.75. The highest BCUT2D eigenvalue weighted by molar-refractivity contribution is 6.12. The van der Waals surface area contributed by atoms with E-state index in [-0.39, 0.29) is 12.3 Å². The van der Waals surface area contributed by atoms with Crippen molar-refractivity contribution in [2.75, 3.05) is 5.32 Å². The van der Waals surface area contributed by atoms with Crippen LogP contribution in [0, 0.1) is 11.3 Å². The second-order valence-corrected chi connectivity index (χ2v) is 13.5. The Balaban J connectivity index is 1.05. The van der Waals surface area contributed by atoms with E-state index in [2.05, 4.69) is 189 Å². The number of fused-ring (bicyclic) bond motifs is 4. The molecule has 0 amide bonds. The Labute approximate surface area is 302 Å². The molecule has 7 aromatic carbocycles. The van der Waals surface area contributed by atoms with Gasteiger partial charge >= 0.3 is 0 Å². The molecule has 0 aliphatic carbocycles. The Morgan fingerprint density at radius 2 is 1.27 bits per heavy atom. The minimum absolute atomic E-state index is 0.171. The number of rotatable bonds is 8. The van der Waals surface area contributed by atoms with Gasteiger partial charge in [-0.15, -0.1) is 5.12 Å². The zero-order valence-corrected chi connectivity index (χ0v) is 28.3. The maximum atomic E-state index is 9.80. The topological polar surface area (TPSA) is 50.0 Å². The van der Waals surface area contributed by atoms with E-state index in [1.807, 2.05) is 18.2 Å². The maximum absolute atomic E-state index is 9.80. The fourth-order valence-electron chi connectivity index (χ4n) is 7.97. The molecule has 248 valence electrons. The molecule has 0 bridgehead atoms. The van der Waals surface area contributed by atoms with Crippen LogP contribution in [0.25, 0.3) is 38.6 Å². The first-order chi connectivity index (χ1) is 25.7. The minimum atomic E-state index is 0.171. The van der Waals surface area contributed by atoms with Crippen LogP contribution in [-0.2, 0) is 6.54 Å². The summed E-state index contributed by atoms with van der Waals surface area (Å²) in [5.41, 5.74) is 11.9. The van der Waals surface area contributed by atoms with E-state index in [1.54, 1.807) is 0 Å². The average molecular weight is 671 g/mol. The van der Waals surface area contributed by atoms with Crippen molar-refractivity contribution in [2.24, 2.45) is 0 Å². The summed E-state index contributed by atoms with van der Waals surface area (Å²) in [6, 6.07) is 64.2. The van der Waals surface area contributed by atoms with Crippen LogP contribution in [0.3, 0.4) is 0 Å². The Bertz CT molecular complexity index is 2630. The molecule has 4 unspecified atom stereocenters. The summed E-state index contributed by atoms with van der Waals surface area (Å²) in [5.74, 6) is 0. The summed E-state index contributed by atoms with van der Waals surface area (Å²) < 4.78 is 2.34. The normalized spacial score (nSPS) is 19.1. The van der Waals surface area contributed by atoms with Crippen LogP contribution in [0.15, 0.2) is 176 Å². The van der Waals surface area contributed by atoms with E-state index in [4.69, 9.17) is 0 Å². The van der Waals surface area contributed by atoms with Crippen LogP contribution >= 0.6 is 0 Å². The Morgan fingerprint density at radius 3 is 2.04 bits per heavy atom. The molecular formula is C46H34N6. The molecule has 52 heavy (non-hydrogen) atoms. The van der Waals surface area contributed by atoms with E-state index in [0.29, 0.717) is 5.56 Å². The number of aromatic nitrogens is 1. The van der Waals surface area contributed by atoms with Gasteiger partial charge in [0.05, 0.1) is 22.7 Å². The fraction of sp³-hybridized carbons (Fsp3) is 0.0652. The Hall–Kier alpha value is -6.49. The molecule has 0 saturated carbocycles. The van der Waals surface area contributed by atoms with Crippen LogP contribution in [0.1, 0.15) is 34.6 Å². The lowest BCUT2D eigenvalue weighted by molar-refractivity contribution is -0.191. The number of benzene rings is 7. The van der Waals surface area contributed by atoms with Crippen molar-refractivity contribution >= 4 is 33.2 Å². The van der Waals surface area contributed by atoms with Crippen molar-refractivity contribution in [2.45, 2.75) is 18.9 Å². The van der Waals surface area contributed by atoms with Gasteiger partial charge in [-0.25, -0.2) is 0 Å². The minimum Gasteiger partial charge on any atom is -0.355 e. The smallest absolute Gasteiger partial charge is 0.134 e. The van der Waals surface area contributed by atoms with Gasteiger partial charge in [-0.3, -0.25) is 0 Å². The molecule has 8 aromatic rings. The van der Waals surface area contributed by atoms with Crippen LogP contribution in [0.4, 0.5) is 11.4 Å². The lowest BCUT2D eigenvalue weighted by Gasteiger charge is -2.41. The van der Waals surface area contributed by atoms with E-state index in [1.165, 1.54) is 22.1 Å². The largest absolute Gasteiger partial charge is 0.355 e. The van der Waals surface area contributed by atoms with Crippen molar-refractivity contribution in [1.82, 2.24) is 19.7 Å². The zero-order valence-electron chi connectivity index (χ0n) is 28.3. The highest BCUT2D eigenvalue weighted by atomic mass is 16.2. The molecule has 2 aliphatic heterocycles. The van der Waals surface area contributed by atoms with Crippen molar-refractivity contribution in [3.8, 4) is 22.9 Å². The highest BCUT2D eigenvalue weighted by Crippen LogP contribution is 2.60. The van der Waals surface area contributed by atoms with Gasteiger partial charge in [0.1, 0.15) is 12.3 Å². The van der Waals surface area contributed by atoms with Crippen LogP contribution < -0.4 is 5.32 Å². The number of anilines is 2. The molecule has 2 aliphatic rings. The third kappa shape index (κ3) is 5.07. The molecular weight excluding hydrogens is 637 g/mol.